The van der Waals surface area contributed by atoms with Gasteiger partial charge in [-0.05, 0) is 57.4 Å². The predicted molar refractivity (Wildman–Crippen MR) is 133 cm³/mol. The molecule has 11 heteroatoms. The number of primary amides is 1. The van der Waals surface area contributed by atoms with Crippen LogP contribution >= 0.6 is 0 Å². The van der Waals surface area contributed by atoms with E-state index in [0.717, 1.165) is 16.9 Å². The van der Waals surface area contributed by atoms with Crippen LogP contribution in [0, 0.1) is 5.92 Å². The molecule has 0 saturated carbocycles. The second kappa shape index (κ2) is 9.32. The summed E-state index contributed by atoms with van der Waals surface area (Å²) in [5.74, 6) is 1.27. The molecule has 0 spiro atoms. The minimum absolute atomic E-state index is 0.120. The number of ether oxygens (including phenoxy) is 2. The molecule has 3 aromatic rings. The summed E-state index contributed by atoms with van der Waals surface area (Å²) in [6.45, 7) is 6.73. The van der Waals surface area contributed by atoms with Crippen molar-refractivity contribution in [1.29, 1.82) is 0 Å². The van der Waals surface area contributed by atoms with Gasteiger partial charge < -0.3 is 25.8 Å². The number of hydrogen-bond donors (Lipinski definition) is 3. The van der Waals surface area contributed by atoms with Crippen LogP contribution in [0.5, 0.6) is 5.75 Å². The lowest BCUT2D eigenvalue weighted by Gasteiger charge is -2.31. The largest absolute Gasteiger partial charge is 0.495 e. The highest BCUT2D eigenvalue weighted by molar-refractivity contribution is 5.93. The fourth-order valence-corrected chi connectivity index (χ4v) is 4.27. The number of fused-ring (bicyclic) bond motifs is 1. The molecule has 1 aliphatic heterocycles. The molecule has 4 rings (SSSR count). The Balaban J connectivity index is 1.69. The molecule has 1 aromatic carbocycles. The SMILES string of the molecule is COc1cc(-c2cc(N3CCC(C(N)=O)CC3)n3ncnc(N)c23)ccc1NC(=O)OC(C)(C)C. The van der Waals surface area contributed by atoms with Gasteiger partial charge in [-0.25, -0.2) is 14.3 Å². The molecular formula is C24H31N7O4. The molecule has 1 aliphatic rings. The molecule has 0 aliphatic carbocycles. The molecule has 1 fully saturated rings. The number of rotatable bonds is 5. The lowest BCUT2D eigenvalue weighted by Crippen LogP contribution is -2.39. The third-order valence-electron chi connectivity index (χ3n) is 5.93. The Bertz CT molecular complexity index is 1260. The maximum absolute atomic E-state index is 12.3. The van der Waals surface area contributed by atoms with Crippen molar-refractivity contribution in [3.8, 4) is 16.9 Å². The van der Waals surface area contributed by atoms with Gasteiger partial charge >= 0.3 is 6.09 Å². The summed E-state index contributed by atoms with van der Waals surface area (Å²) in [6.07, 6.45) is 2.20. The predicted octanol–water partition coefficient (Wildman–Crippen LogP) is 3.04. The van der Waals surface area contributed by atoms with Crippen molar-refractivity contribution in [3.63, 3.8) is 0 Å². The highest BCUT2D eigenvalue weighted by atomic mass is 16.6. The number of carbonyl (C=O) groups is 2. The lowest BCUT2D eigenvalue weighted by atomic mass is 9.96. The number of carbonyl (C=O) groups excluding carboxylic acids is 2. The standard InChI is InChI=1S/C24H31N7O4/c1-24(2,3)35-23(33)29-17-6-5-15(11-18(17)34-4)16-12-19(31-20(16)21(25)27-13-28-31)30-9-7-14(8-10-30)22(26)32/h5-6,11-14H,7-10H2,1-4H3,(H2,26,32)(H,29,33)(H2,25,27,28). The summed E-state index contributed by atoms with van der Waals surface area (Å²) in [4.78, 5) is 30.2. The van der Waals surface area contributed by atoms with E-state index < -0.39 is 11.7 Å². The number of methoxy groups -OCH3 is 1. The quantitative estimate of drug-likeness (QED) is 0.503. The zero-order valence-corrected chi connectivity index (χ0v) is 20.4. The summed E-state index contributed by atoms with van der Waals surface area (Å²) >= 11 is 0. The summed E-state index contributed by atoms with van der Waals surface area (Å²) in [6, 6.07) is 7.43. The second-order valence-electron chi connectivity index (χ2n) is 9.53. The summed E-state index contributed by atoms with van der Waals surface area (Å²) in [5.41, 5.74) is 13.9. The van der Waals surface area contributed by atoms with E-state index >= 15 is 0 Å². The van der Waals surface area contributed by atoms with E-state index in [9.17, 15) is 9.59 Å². The van der Waals surface area contributed by atoms with Gasteiger partial charge in [0.05, 0.1) is 12.8 Å². The Morgan fingerprint density at radius 3 is 2.51 bits per heavy atom. The van der Waals surface area contributed by atoms with Crippen molar-refractivity contribution in [2.45, 2.75) is 39.2 Å². The van der Waals surface area contributed by atoms with Gasteiger partial charge in [-0.15, -0.1) is 0 Å². The highest BCUT2D eigenvalue weighted by Gasteiger charge is 2.27. The van der Waals surface area contributed by atoms with Crippen LogP contribution in [-0.2, 0) is 9.53 Å². The number of piperidine rings is 1. The Labute approximate surface area is 203 Å². The van der Waals surface area contributed by atoms with Gasteiger partial charge in [0.1, 0.15) is 29.0 Å². The van der Waals surface area contributed by atoms with Gasteiger partial charge in [-0.2, -0.15) is 5.10 Å². The summed E-state index contributed by atoms with van der Waals surface area (Å²) in [7, 11) is 1.53. The summed E-state index contributed by atoms with van der Waals surface area (Å²) in [5, 5.41) is 7.17. The number of anilines is 3. The summed E-state index contributed by atoms with van der Waals surface area (Å²) < 4.78 is 12.7. The van der Waals surface area contributed by atoms with Crippen molar-refractivity contribution in [2.75, 3.05) is 36.1 Å². The van der Waals surface area contributed by atoms with Crippen molar-refractivity contribution >= 4 is 34.8 Å². The van der Waals surface area contributed by atoms with Crippen molar-refractivity contribution in [1.82, 2.24) is 14.6 Å². The average Bonchev–Trinajstić information content (AvgIpc) is 3.19. The fraction of sp³-hybridized carbons (Fsp3) is 0.417. The molecule has 2 amide bonds. The number of nitrogens with one attached hydrogen (secondary N) is 1. The zero-order chi connectivity index (χ0) is 25.3. The topological polar surface area (TPSA) is 150 Å². The van der Waals surface area contributed by atoms with Gasteiger partial charge in [0, 0.05) is 24.6 Å². The molecule has 11 nitrogen and oxygen atoms in total. The molecule has 1 saturated heterocycles. The monoisotopic (exact) mass is 481 g/mol. The minimum Gasteiger partial charge on any atom is -0.495 e. The Hall–Kier alpha value is -4.02. The molecule has 5 N–H and O–H groups in total. The first-order chi connectivity index (χ1) is 16.6. The molecule has 0 bridgehead atoms. The van der Waals surface area contributed by atoms with Crippen LogP contribution in [0.4, 0.5) is 22.1 Å². The van der Waals surface area contributed by atoms with E-state index in [1.807, 2.05) is 18.2 Å². The Morgan fingerprint density at radius 2 is 1.89 bits per heavy atom. The average molecular weight is 482 g/mol. The maximum Gasteiger partial charge on any atom is 0.412 e. The van der Waals surface area contributed by atoms with Crippen molar-refractivity contribution < 1.29 is 19.1 Å². The van der Waals surface area contributed by atoms with Gasteiger partial charge in [-0.1, -0.05) is 6.07 Å². The first kappa shape index (κ1) is 24.1. The van der Waals surface area contributed by atoms with Crippen molar-refractivity contribution in [3.05, 3.63) is 30.6 Å². The molecular weight excluding hydrogens is 450 g/mol. The van der Waals surface area contributed by atoms with Gasteiger partial charge in [0.2, 0.25) is 5.91 Å². The number of amides is 2. The van der Waals surface area contributed by atoms with Crippen LogP contribution in [0.3, 0.4) is 0 Å². The van der Waals surface area contributed by atoms with E-state index in [0.29, 0.717) is 48.7 Å². The van der Waals surface area contributed by atoms with E-state index in [4.69, 9.17) is 20.9 Å². The van der Waals surface area contributed by atoms with Crippen molar-refractivity contribution in [2.24, 2.45) is 11.7 Å². The first-order valence-corrected chi connectivity index (χ1v) is 11.4. The first-order valence-electron chi connectivity index (χ1n) is 11.4. The van der Waals surface area contributed by atoms with Gasteiger partial charge in [-0.3, -0.25) is 10.1 Å². The van der Waals surface area contributed by atoms with E-state index in [2.05, 4.69) is 20.3 Å². The maximum atomic E-state index is 12.3. The third kappa shape index (κ3) is 5.08. The molecule has 0 unspecified atom stereocenters. The second-order valence-corrected chi connectivity index (χ2v) is 9.53. The molecule has 3 heterocycles. The minimum atomic E-state index is -0.622. The van der Waals surface area contributed by atoms with E-state index in [-0.39, 0.29) is 11.8 Å². The Morgan fingerprint density at radius 1 is 1.17 bits per heavy atom. The normalized spacial score (nSPS) is 14.7. The number of aromatic nitrogens is 3. The molecule has 0 atom stereocenters. The van der Waals surface area contributed by atoms with Crippen LogP contribution in [0.1, 0.15) is 33.6 Å². The molecule has 186 valence electrons. The van der Waals surface area contributed by atoms with Crippen LogP contribution in [-0.4, -0.2) is 52.4 Å². The number of benzene rings is 1. The smallest absolute Gasteiger partial charge is 0.412 e. The Kier molecular flexibility index (Phi) is 6.42. The van der Waals surface area contributed by atoms with Gasteiger partial charge in [0.25, 0.3) is 0 Å². The number of nitrogens with two attached hydrogens (primary N) is 2. The molecule has 0 radical (unpaired) electrons. The lowest BCUT2D eigenvalue weighted by molar-refractivity contribution is -0.122. The third-order valence-corrected chi connectivity index (χ3v) is 5.93. The molecule has 2 aromatic heterocycles. The molecule has 35 heavy (non-hydrogen) atoms. The van der Waals surface area contributed by atoms with E-state index in [1.54, 1.807) is 31.4 Å². The zero-order valence-electron chi connectivity index (χ0n) is 20.4. The van der Waals surface area contributed by atoms with Gasteiger partial charge in [0.15, 0.2) is 5.82 Å². The number of nitrogen functional groups attached to an aromatic ring is 1. The fourth-order valence-electron chi connectivity index (χ4n) is 4.27. The van der Waals surface area contributed by atoms with Crippen LogP contribution in [0.25, 0.3) is 16.6 Å². The highest BCUT2D eigenvalue weighted by Crippen LogP contribution is 2.38. The van der Waals surface area contributed by atoms with E-state index in [1.165, 1.54) is 13.4 Å². The van der Waals surface area contributed by atoms with Crippen LogP contribution in [0.2, 0.25) is 0 Å². The van der Waals surface area contributed by atoms with Crippen LogP contribution in [0.15, 0.2) is 30.6 Å². The van der Waals surface area contributed by atoms with Crippen LogP contribution < -0.4 is 26.4 Å². The number of nitrogens with zero attached hydrogens (tertiary/aromatic N) is 4. The number of hydrogen-bond acceptors (Lipinski definition) is 8.